The van der Waals surface area contributed by atoms with E-state index in [0.29, 0.717) is 30.8 Å². The number of ether oxygens (including phenoxy) is 2. The average Bonchev–Trinajstić information content (AvgIpc) is 2.86. The molecule has 9 nitrogen and oxygen atoms in total. The summed E-state index contributed by atoms with van der Waals surface area (Å²) in [5.41, 5.74) is 1.05. The quantitative estimate of drug-likeness (QED) is 0.494. The predicted octanol–water partition coefficient (Wildman–Crippen LogP) is 1.56. The zero-order valence-electron chi connectivity index (χ0n) is 19.5. The van der Waals surface area contributed by atoms with Crippen LogP contribution in [-0.2, 0) is 14.8 Å². The van der Waals surface area contributed by atoms with Crippen LogP contribution in [0, 0.1) is 22.7 Å². The molecule has 2 aromatic rings. The van der Waals surface area contributed by atoms with E-state index in [2.05, 4.69) is 20.6 Å². The summed E-state index contributed by atoms with van der Waals surface area (Å²) in [6, 6.07) is 17.1. The first-order valence-corrected chi connectivity index (χ1v) is 13.2. The molecule has 2 atom stereocenters. The number of hydrogen-bond acceptors (Lipinski definition) is 8. The zero-order chi connectivity index (χ0) is 24.7. The summed E-state index contributed by atoms with van der Waals surface area (Å²) in [5, 5.41) is 17.7. The Hall–Kier alpha value is -2.99. The van der Waals surface area contributed by atoms with Crippen LogP contribution in [0.1, 0.15) is 17.5 Å². The van der Waals surface area contributed by atoms with E-state index in [1.807, 2.05) is 18.2 Å². The van der Waals surface area contributed by atoms with E-state index in [1.54, 1.807) is 12.1 Å². The highest BCUT2D eigenvalue weighted by molar-refractivity contribution is 7.89. The molecule has 4 rings (SSSR count). The highest BCUT2D eigenvalue weighted by Crippen LogP contribution is 2.19. The second-order valence-corrected chi connectivity index (χ2v) is 10.5. The predicted molar refractivity (Wildman–Crippen MR) is 129 cm³/mol. The number of nitriles is 2. The van der Waals surface area contributed by atoms with Gasteiger partial charge in [-0.1, -0.05) is 0 Å². The summed E-state index contributed by atoms with van der Waals surface area (Å²) in [6.45, 7) is 5.71. The van der Waals surface area contributed by atoms with E-state index in [-0.39, 0.29) is 17.1 Å². The van der Waals surface area contributed by atoms with Crippen molar-refractivity contribution in [2.24, 2.45) is 0 Å². The van der Waals surface area contributed by atoms with Gasteiger partial charge in [0.15, 0.2) is 0 Å². The van der Waals surface area contributed by atoms with Crippen LogP contribution in [0.25, 0.3) is 0 Å². The molecule has 0 saturated carbocycles. The maximum Gasteiger partial charge on any atom is 0.240 e. The van der Waals surface area contributed by atoms with Crippen molar-refractivity contribution in [3.63, 3.8) is 0 Å². The molecular formula is C25H29N5O4S. The van der Waals surface area contributed by atoms with Gasteiger partial charge in [0.2, 0.25) is 10.0 Å². The van der Waals surface area contributed by atoms with Gasteiger partial charge in [0.25, 0.3) is 0 Å². The molecular weight excluding hydrogens is 466 g/mol. The first kappa shape index (κ1) is 25.1. The Morgan fingerprint density at radius 3 is 2.00 bits per heavy atom. The fraction of sp³-hybridized carbons (Fsp3) is 0.440. The van der Waals surface area contributed by atoms with Crippen molar-refractivity contribution in [3.8, 4) is 17.9 Å². The van der Waals surface area contributed by atoms with Crippen LogP contribution < -0.4 is 9.46 Å². The molecule has 10 heteroatoms. The second-order valence-electron chi connectivity index (χ2n) is 8.77. The van der Waals surface area contributed by atoms with Gasteiger partial charge < -0.3 is 9.47 Å². The zero-order valence-corrected chi connectivity index (χ0v) is 20.3. The lowest BCUT2D eigenvalue weighted by atomic mass is 10.1. The van der Waals surface area contributed by atoms with Crippen molar-refractivity contribution in [2.45, 2.75) is 23.5 Å². The van der Waals surface area contributed by atoms with Gasteiger partial charge in [0.05, 0.1) is 47.0 Å². The number of hydrogen-bond donors (Lipinski definition) is 1. The third kappa shape index (κ3) is 7.01. The van der Waals surface area contributed by atoms with Crippen molar-refractivity contribution in [2.75, 3.05) is 52.4 Å². The van der Waals surface area contributed by atoms with E-state index in [1.165, 1.54) is 24.3 Å². The Bertz CT molecular complexity index is 1160. The molecule has 2 heterocycles. The lowest BCUT2D eigenvalue weighted by Crippen LogP contribution is -2.60. The van der Waals surface area contributed by atoms with E-state index in [0.717, 1.165) is 44.9 Å². The van der Waals surface area contributed by atoms with E-state index in [9.17, 15) is 8.42 Å². The molecule has 2 bridgehead atoms. The molecule has 2 unspecified atom stereocenters. The summed E-state index contributed by atoms with van der Waals surface area (Å²) < 4.78 is 39.5. The molecule has 2 aromatic carbocycles. The van der Waals surface area contributed by atoms with Crippen LogP contribution in [-0.4, -0.2) is 82.8 Å². The summed E-state index contributed by atoms with van der Waals surface area (Å²) in [6.07, 6.45) is 1.12. The van der Waals surface area contributed by atoms with E-state index < -0.39 is 10.0 Å². The first-order valence-electron chi connectivity index (χ1n) is 11.7. The fourth-order valence-corrected chi connectivity index (χ4v) is 5.48. The number of rotatable bonds is 10. The number of benzene rings is 2. The van der Waals surface area contributed by atoms with Gasteiger partial charge in [-0.2, -0.15) is 10.5 Å². The standard InChI is InChI=1S/C25H29N5O4S/c26-14-20-2-6-22(7-3-20)33-13-1-11-29-16-23-18-30(19-24(17-29)34-23)12-10-28-35(31,32)25-8-4-21(15-27)5-9-25/h2-9,23-24,28H,1,10-13,16-19H2. The maximum absolute atomic E-state index is 12.5. The van der Waals surface area contributed by atoms with Crippen LogP contribution in [0.5, 0.6) is 5.75 Å². The van der Waals surface area contributed by atoms with Gasteiger partial charge >= 0.3 is 0 Å². The highest BCUT2D eigenvalue weighted by atomic mass is 32.2. The lowest BCUT2D eigenvalue weighted by molar-refractivity contribution is -0.138. The van der Waals surface area contributed by atoms with Crippen molar-refractivity contribution in [1.29, 1.82) is 10.5 Å². The Kier molecular flexibility index (Phi) is 8.34. The summed E-state index contributed by atoms with van der Waals surface area (Å²) in [4.78, 5) is 4.83. The van der Waals surface area contributed by atoms with Crippen molar-refractivity contribution < 1.29 is 17.9 Å². The monoisotopic (exact) mass is 495 g/mol. The first-order chi connectivity index (χ1) is 16.9. The Labute approximate surface area is 206 Å². The number of fused-ring (bicyclic) bond motifs is 2. The molecule has 0 amide bonds. The van der Waals surface area contributed by atoms with Crippen LogP contribution in [0.4, 0.5) is 0 Å². The van der Waals surface area contributed by atoms with Crippen molar-refractivity contribution in [3.05, 3.63) is 59.7 Å². The molecule has 0 aliphatic carbocycles. The Balaban J connectivity index is 1.16. The number of nitrogens with one attached hydrogen (secondary N) is 1. The minimum absolute atomic E-state index is 0.108. The minimum atomic E-state index is -3.60. The summed E-state index contributed by atoms with van der Waals surface area (Å²) in [5.74, 6) is 0.772. The van der Waals surface area contributed by atoms with Crippen LogP contribution >= 0.6 is 0 Å². The summed E-state index contributed by atoms with van der Waals surface area (Å²) >= 11 is 0. The molecule has 0 radical (unpaired) electrons. The van der Waals surface area contributed by atoms with E-state index in [4.69, 9.17) is 20.0 Å². The Morgan fingerprint density at radius 1 is 0.886 bits per heavy atom. The number of nitrogens with zero attached hydrogens (tertiary/aromatic N) is 4. The SMILES string of the molecule is N#Cc1ccc(OCCCN2CC3CN(CCNS(=O)(=O)c4ccc(C#N)cc4)CC(C2)O3)cc1. The smallest absolute Gasteiger partial charge is 0.240 e. The summed E-state index contributed by atoms with van der Waals surface area (Å²) in [7, 11) is -3.60. The molecule has 2 fully saturated rings. The third-order valence-corrected chi connectivity index (χ3v) is 7.59. The van der Waals surface area contributed by atoms with Crippen LogP contribution in [0.3, 0.4) is 0 Å². The van der Waals surface area contributed by atoms with Crippen LogP contribution in [0.2, 0.25) is 0 Å². The van der Waals surface area contributed by atoms with Gasteiger partial charge in [-0.05, 0) is 55.0 Å². The molecule has 2 aliphatic rings. The average molecular weight is 496 g/mol. The van der Waals surface area contributed by atoms with Gasteiger partial charge in [-0.25, -0.2) is 13.1 Å². The van der Waals surface area contributed by atoms with Gasteiger partial charge in [0.1, 0.15) is 5.75 Å². The minimum Gasteiger partial charge on any atom is -0.494 e. The lowest BCUT2D eigenvalue weighted by Gasteiger charge is -2.45. The molecule has 184 valence electrons. The molecule has 0 spiro atoms. The second kappa shape index (κ2) is 11.6. The third-order valence-electron chi connectivity index (χ3n) is 6.12. The Morgan fingerprint density at radius 2 is 1.43 bits per heavy atom. The topological polar surface area (TPSA) is 119 Å². The molecule has 2 aliphatic heterocycles. The molecule has 35 heavy (non-hydrogen) atoms. The fourth-order valence-electron chi connectivity index (χ4n) is 4.46. The number of sulfonamides is 1. The van der Waals surface area contributed by atoms with Crippen LogP contribution in [0.15, 0.2) is 53.4 Å². The maximum atomic E-state index is 12.5. The van der Waals surface area contributed by atoms with Crippen molar-refractivity contribution in [1.82, 2.24) is 14.5 Å². The normalized spacial score (nSPS) is 20.6. The highest BCUT2D eigenvalue weighted by Gasteiger charge is 2.34. The van der Waals surface area contributed by atoms with Gasteiger partial charge in [0, 0.05) is 45.8 Å². The molecule has 1 N–H and O–H groups in total. The van der Waals surface area contributed by atoms with E-state index >= 15 is 0 Å². The molecule has 2 saturated heterocycles. The number of morpholine rings is 2. The van der Waals surface area contributed by atoms with Gasteiger partial charge in [-0.15, -0.1) is 0 Å². The van der Waals surface area contributed by atoms with Crippen molar-refractivity contribution >= 4 is 10.0 Å². The van der Waals surface area contributed by atoms with Gasteiger partial charge in [-0.3, -0.25) is 9.80 Å². The molecule has 0 aromatic heterocycles. The largest absolute Gasteiger partial charge is 0.494 e.